The smallest absolute Gasteiger partial charge is 0.223 e. The Morgan fingerprint density at radius 2 is 1.80 bits per heavy atom. The van der Waals surface area contributed by atoms with E-state index in [1.165, 1.54) is 37.1 Å². The van der Waals surface area contributed by atoms with Gasteiger partial charge in [0.1, 0.15) is 0 Å². The standard InChI is InChI=1S/C21H33N3O/c1-16-9-11-24(12-10-16)15-18-7-5-17(6-8-18)14-23-21(25)20-4-2-3-19(20)13-22/h5-8,16,19-20H,2-4,9-15,22H2,1H3,(H,23,25)/t19-,20-/m1/s1. The van der Waals surface area contributed by atoms with Gasteiger partial charge in [-0.15, -0.1) is 0 Å². The monoisotopic (exact) mass is 343 g/mol. The maximum atomic E-state index is 12.4. The SMILES string of the molecule is CC1CCN(Cc2ccc(CNC(=O)[C@@H]3CCC[C@@H]3CN)cc2)CC1. The summed E-state index contributed by atoms with van der Waals surface area (Å²) in [6.45, 7) is 7.06. The number of nitrogens with two attached hydrogens (primary N) is 1. The van der Waals surface area contributed by atoms with E-state index in [9.17, 15) is 4.79 Å². The first-order valence-electron chi connectivity index (χ1n) is 9.93. The van der Waals surface area contributed by atoms with Crippen LogP contribution in [-0.2, 0) is 17.9 Å². The molecule has 2 aliphatic rings. The van der Waals surface area contributed by atoms with Crippen molar-refractivity contribution < 1.29 is 4.79 Å². The predicted octanol–water partition coefficient (Wildman–Crippen LogP) is 2.91. The Morgan fingerprint density at radius 1 is 1.12 bits per heavy atom. The number of nitrogens with one attached hydrogen (secondary N) is 1. The molecule has 0 spiro atoms. The average Bonchev–Trinajstić information content (AvgIpc) is 3.12. The van der Waals surface area contributed by atoms with Crippen molar-refractivity contribution in [3.05, 3.63) is 35.4 Å². The van der Waals surface area contributed by atoms with Crippen molar-refractivity contribution in [2.24, 2.45) is 23.5 Å². The molecule has 138 valence electrons. The van der Waals surface area contributed by atoms with E-state index < -0.39 is 0 Å². The molecular formula is C21H33N3O. The molecular weight excluding hydrogens is 310 g/mol. The molecule has 1 aromatic carbocycles. The van der Waals surface area contributed by atoms with Gasteiger partial charge in [-0.1, -0.05) is 37.6 Å². The molecule has 2 fully saturated rings. The molecule has 25 heavy (non-hydrogen) atoms. The van der Waals surface area contributed by atoms with Crippen LogP contribution < -0.4 is 11.1 Å². The van der Waals surface area contributed by atoms with Crippen LogP contribution in [0.15, 0.2) is 24.3 Å². The minimum atomic E-state index is 0.116. The third-order valence-corrected chi connectivity index (χ3v) is 6.07. The first kappa shape index (κ1) is 18.4. The zero-order valence-electron chi connectivity index (χ0n) is 15.5. The second-order valence-corrected chi connectivity index (χ2v) is 8.03. The molecule has 1 saturated carbocycles. The molecule has 2 atom stereocenters. The van der Waals surface area contributed by atoms with Crippen LogP contribution in [0.1, 0.15) is 50.2 Å². The number of nitrogens with zero attached hydrogens (tertiary/aromatic N) is 1. The van der Waals surface area contributed by atoms with Crippen LogP contribution in [0.2, 0.25) is 0 Å². The van der Waals surface area contributed by atoms with E-state index in [0.29, 0.717) is 19.0 Å². The fourth-order valence-corrected chi connectivity index (χ4v) is 4.23. The van der Waals surface area contributed by atoms with Gasteiger partial charge in [-0.05, 0) is 68.3 Å². The summed E-state index contributed by atoms with van der Waals surface area (Å²) in [6, 6.07) is 8.71. The van der Waals surface area contributed by atoms with Crippen LogP contribution >= 0.6 is 0 Å². The van der Waals surface area contributed by atoms with Crippen LogP contribution in [0.4, 0.5) is 0 Å². The van der Waals surface area contributed by atoms with Gasteiger partial charge in [-0.3, -0.25) is 9.69 Å². The molecule has 0 unspecified atom stereocenters. The molecule has 0 bridgehead atoms. The lowest BCUT2D eigenvalue weighted by atomic mass is 9.95. The number of amides is 1. The quantitative estimate of drug-likeness (QED) is 0.835. The van der Waals surface area contributed by atoms with Crippen LogP contribution in [0.3, 0.4) is 0 Å². The lowest BCUT2D eigenvalue weighted by Gasteiger charge is -2.30. The zero-order valence-corrected chi connectivity index (χ0v) is 15.5. The number of hydrogen-bond donors (Lipinski definition) is 2. The first-order chi connectivity index (χ1) is 12.2. The maximum Gasteiger partial charge on any atom is 0.223 e. The maximum absolute atomic E-state index is 12.4. The van der Waals surface area contributed by atoms with Gasteiger partial charge in [0.05, 0.1) is 0 Å². The van der Waals surface area contributed by atoms with E-state index in [0.717, 1.165) is 31.7 Å². The molecule has 4 heteroatoms. The first-order valence-corrected chi connectivity index (χ1v) is 9.93. The van der Waals surface area contributed by atoms with Crippen LogP contribution in [0.25, 0.3) is 0 Å². The summed E-state index contributed by atoms with van der Waals surface area (Å²) >= 11 is 0. The summed E-state index contributed by atoms with van der Waals surface area (Å²) in [7, 11) is 0. The Balaban J connectivity index is 1.45. The Labute approximate surface area is 152 Å². The van der Waals surface area contributed by atoms with Crippen molar-refractivity contribution >= 4 is 5.91 Å². The topological polar surface area (TPSA) is 58.4 Å². The van der Waals surface area contributed by atoms with Crippen LogP contribution in [0.5, 0.6) is 0 Å². The summed E-state index contributed by atoms with van der Waals surface area (Å²) in [4.78, 5) is 14.9. The van der Waals surface area contributed by atoms with Crippen molar-refractivity contribution in [2.75, 3.05) is 19.6 Å². The molecule has 0 radical (unpaired) electrons. The van der Waals surface area contributed by atoms with E-state index in [4.69, 9.17) is 5.73 Å². The van der Waals surface area contributed by atoms with E-state index in [1.54, 1.807) is 0 Å². The third-order valence-electron chi connectivity index (χ3n) is 6.07. The normalized spacial score (nSPS) is 25.2. The second kappa shape index (κ2) is 8.81. The molecule has 1 aliphatic carbocycles. The Morgan fingerprint density at radius 3 is 2.48 bits per heavy atom. The van der Waals surface area contributed by atoms with E-state index in [-0.39, 0.29) is 11.8 Å². The second-order valence-electron chi connectivity index (χ2n) is 8.03. The van der Waals surface area contributed by atoms with Crippen molar-refractivity contribution in [1.82, 2.24) is 10.2 Å². The fourth-order valence-electron chi connectivity index (χ4n) is 4.23. The lowest BCUT2D eigenvalue weighted by molar-refractivity contribution is -0.126. The largest absolute Gasteiger partial charge is 0.352 e. The van der Waals surface area contributed by atoms with Gasteiger partial charge in [0, 0.05) is 19.0 Å². The summed E-state index contributed by atoms with van der Waals surface area (Å²) in [5.41, 5.74) is 8.32. The van der Waals surface area contributed by atoms with E-state index >= 15 is 0 Å². The van der Waals surface area contributed by atoms with Crippen LogP contribution in [-0.4, -0.2) is 30.4 Å². The average molecular weight is 344 g/mol. The predicted molar refractivity (Wildman–Crippen MR) is 102 cm³/mol. The molecule has 3 N–H and O–H groups in total. The number of piperidine rings is 1. The molecule has 0 aromatic heterocycles. The van der Waals surface area contributed by atoms with Crippen molar-refractivity contribution in [1.29, 1.82) is 0 Å². The van der Waals surface area contributed by atoms with Gasteiger partial charge in [0.25, 0.3) is 0 Å². The fraction of sp³-hybridized carbons (Fsp3) is 0.667. The zero-order chi connectivity index (χ0) is 17.6. The number of benzene rings is 1. The van der Waals surface area contributed by atoms with E-state index in [2.05, 4.69) is 41.4 Å². The minimum absolute atomic E-state index is 0.116. The number of likely N-dealkylation sites (tertiary alicyclic amines) is 1. The molecule has 1 saturated heterocycles. The molecule has 4 nitrogen and oxygen atoms in total. The summed E-state index contributed by atoms with van der Waals surface area (Å²) in [5.74, 6) is 1.54. The van der Waals surface area contributed by atoms with Gasteiger partial charge < -0.3 is 11.1 Å². The van der Waals surface area contributed by atoms with Crippen molar-refractivity contribution in [3.63, 3.8) is 0 Å². The Bertz CT molecular complexity index is 549. The summed E-state index contributed by atoms with van der Waals surface area (Å²) in [6.07, 6.45) is 5.84. The van der Waals surface area contributed by atoms with Gasteiger partial charge in [-0.25, -0.2) is 0 Å². The van der Waals surface area contributed by atoms with Gasteiger partial charge in [0.2, 0.25) is 5.91 Å². The van der Waals surface area contributed by atoms with Crippen molar-refractivity contribution in [2.45, 2.75) is 52.1 Å². The van der Waals surface area contributed by atoms with Crippen molar-refractivity contribution in [3.8, 4) is 0 Å². The highest BCUT2D eigenvalue weighted by atomic mass is 16.1. The van der Waals surface area contributed by atoms with Gasteiger partial charge in [0.15, 0.2) is 0 Å². The number of carbonyl (C=O) groups is 1. The highest BCUT2D eigenvalue weighted by Gasteiger charge is 2.31. The third kappa shape index (κ3) is 5.05. The lowest BCUT2D eigenvalue weighted by Crippen LogP contribution is -2.34. The molecule has 1 amide bonds. The van der Waals surface area contributed by atoms with E-state index in [1.807, 2.05) is 0 Å². The number of hydrogen-bond acceptors (Lipinski definition) is 3. The Hall–Kier alpha value is -1.39. The Kier molecular flexibility index (Phi) is 6.49. The molecule has 3 rings (SSSR count). The van der Waals surface area contributed by atoms with Crippen LogP contribution in [0, 0.1) is 17.8 Å². The number of carbonyl (C=O) groups excluding carboxylic acids is 1. The highest BCUT2D eigenvalue weighted by molar-refractivity contribution is 5.79. The molecule has 1 aromatic rings. The van der Waals surface area contributed by atoms with Gasteiger partial charge in [-0.2, -0.15) is 0 Å². The summed E-state index contributed by atoms with van der Waals surface area (Å²) < 4.78 is 0. The minimum Gasteiger partial charge on any atom is -0.352 e. The number of rotatable bonds is 6. The highest BCUT2D eigenvalue weighted by Crippen LogP contribution is 2.31. The summed E-state index contributed by atoms with van der Waals surface area (Å²) in [5, 5.41) is 3.11. The van der Waals surface area contributed by atoms with Gasteiger partial charge >= 0.3 is 0 Å². The molecule has 1 heterocycles. The molecule has 1 aliphatic heterocycles.